The Morgan fingerprint density at radius 1 is 0.893 bits per heavy atom. The number of carbonyl (C=O) groups is 3. The van der Waals surface area contributed by atoms with Gasteiger partial charge in [-0.15, -0.1) is 0 Å². The van der Waals surface area contributed by atoms with Crippen LogP contribution in [0.25, 0.3) is 0 Å². The molecule has 18 heteroatoms. The standard InChI is InChI=1S/C57H89N3O15/c1-11-32(2)52-35(5)21-23-56(75-52)30-41-27-40(74-56)20-19-34(4)51(33(3)16-15-17-39-31-68-54-50(63)36(6)26-42(55(64)71-41)57(39,54)65)72-48-29-44(67-10)53(38(8)70-48)73-47-28-43(66-9)49(37(7)69-47)60-46(62)22-25-59-45(61)18-13-12-14-24-58/h15-17,19,21,23,26,32-33,35,37-38,40-44,47-54,63,65H,11-14,18,20,22,24-25,27-31,58H2,1-10H3,(H,59,61)(H,60,62)/b16-15+,34-19+,39-17+/t32?,33-,35-,37-,38-,40+,41-,42-,43-,44-,47-,48-,49-,50+,51-,52+,53-,54+,56+,57+/m0/s1. The van der Waals surface area contributed by atoms with Gasteiger partial charge in [0.05, 0.1) is 55.4 Å². The number of aliphatic hydroxyl groups excluding tert-OH is 1. The van der Waals surface area contributed by atoms with Crippen molar-refractivity contribution in [3.63, 3.8) is 0 Å². The van der Waals surface area contributed by atoms with Crippen LogP contribution in [0.15, 0.2) is 59.3 Å². The van der Waals surface area contributed by atoms with Crippen LogP contribution in [0.1, 0.15) is 126 Å². The van der Waals surface area contributed by atoms with Gasteiger partial charge in [0.1, 0.15) is 35.9 Å². The quantitative estimate of drug-likeness (QED) is 0.0685. The van der Waals surface area contributed by atoms with Crippen molar-refractivity contribution in [3.05, 3.63) is 59.3 Å². The highest BCUT2D eigenvalue weighted by molar-refractivity contribution is 5.79. The van der Waals surface area contributed by atoms with E-state index in [9.17, 15) is 24.6 Å². The molecule has 1 spiro atoms. The van der Waals surface area contributed by atoms with Crippen LogP contribution in [0.2, 0.25) is 0 Å². The molecule has 0 aromatic heterocycles. The molecule has 18 nitrogen and oxygen atoms in total. The van der Waals surface area contributed by atoms with E-state index in [0.29, 0.717) is 49.8 Å². The molecular weight excluding hydrogens is 967 g/mol. The minimum Gasteiger partial charge on any atom is -0.462 e. The van der Waals surface area contributed by atoms with Crippen molar-refractivity contribution in [3.8, 4) is 0 Å². The molecule has 7 rings (SSSR count). The van der Waals surface area contributed by atoms with Gasteiger partial charge in [0, 0.05) is 71.1 Å². The molecule has 0 saturated carbocycles. The summed E-state index contributed by atoms with van der Waals surface area (Å²) in [6.07, 6.45) is 11.8. The van der Waals surface area contributed by atoms with E-state index in [1.807, 2.05) is 39.0 Å². The van der Waals surface area contributed by atoms with Crippen molar-refractivity contribution in [2.24, 2.45) is 29.4 Å². The molecule has 1 aliphatic carbocycles. The molecule has 0 aromatic rings. The summed E-state index contributed by atoms with van der Waals surface area (Å²) >= 11 is 0. The molecule has 7 aliphatic rings. The molecule has 2 amide bonds. The number of esters is 1. The summed E-state index contributed by atoms with van der Waals surface area (Å²) in [5.41, 5.74) is 5.61. The van der Waals surface area contributed by atoms with Gasteiger partial charge in [0.15, 0.2) is 18.4 Å². The van der Waals surface area contributed by atoms with Crippen molar-refractivity contribution >= 4 is 17.8 Å². The van der Waals surface area contributed by atoms with Gasteiger partial charge in [-0.2, -0.15) is 0 Å². The first-order valence-electron chi connectivity index (χ1n) is 27.8. The number of hydrogen-bond acceptors (Lipinski definition) is 16. The normalized spacial score (nSPS) is 42.5. The molecule has 6 N–H and O–H groups in total. The molecule has 0 aromatic carbocycles. The molecular formula is C57H89N3O15. The summed E-state index contributed by atoms with van der Waals surface area (Å²) in [6, 6.07) is -0.442. The Bertz CT molecular complexity index is 2100. The van der Waals surface area contributed by atoms with Crippen LogP contribution in [0, 0.1) is 23.7 Å². The Balaban J connectivity index is 1.06. The Morgan fingerprint density at radius 3 is 2.36 bits per heavy atom. The average molecular weight is 1060 g/mol. The van der Waals surface area contributed by atoms with Crippen molar-refractivity contribution in [2.75, 3.05) is 33.9 Å². The molecule has 6 aliphatic heterocycles. The van der Waals surface area contributed by atoms with E-state index < -0.39 is 103 Å². The van der Waals surface area contributed by atoms with E-state index in [-0.39, 0.29) is 61.7 Å². The Kier molecular flexibility index (Phi) is 21.0. The third-order valence-corrected chi connectivity index (χ3v) is 16.7. The molecule has 0 radical (unpaired) electrons. The van der Waals surface area contributed by atoms with Gasteiger partial charge in [-0.3, -0.25) is 14.4 Å². The number of carbonyl (C=O) groups excluding carboxylic acids is 3. The molecule has 4 fully saturated rings. The smallest absolute Gasteiger partial charge is 0.316 e. The highest BCUT2D eigenvalue weighted by Gasteiger charge is 2.60. The van der Waals surface area contributed by atoms with E-state index in [1.165, 1.54) is 0 Å². The van der Waals surface area contributed by atoms with E-state index in [1.54, 1.807) is 33.3 Å². The predicted molar refractivity (Wildman–Crippen MR) is 278 cm³/mol. The van der Waals surface area contributed by atoms with Gasteiger partial charge in [-0.05, 0) is 82.2 Å². The predicted octanol–water partition coefficient (Wildman–Crippen LogP) is 5.53. The van der Waals surface area contributed by atoms with Gasteiger partial charge < -0.3 is 73.9 Å². The largest absolute Gasteiger partial charge is 0.462 e. The number of unbranched alkanes of at least 4 members (excludes halogenated alkanes) is 2. The van der Waals surface area contributed by atoms with Crippen LogP contribution in [0.5, 0.6) is 0 Å². The van der Waals surface area contributed by atoms with E-state index in [2.05, 4.69) is 50.5 Å². The van der Waals surface area contributed by atoms with Gasteiger partial charge in [0.25, 0.3) is 0 Å². The number of fused-ring (bicyclic) bond motifs is 2. The number of amides is 2. The molecule has 422 valence electrons. The number of methoxy groups -OCH3 is 2. The van der Waals surface area contributed by atoms with E-state index in [0.717, 1.165) is 31.3 Å². The third kappa shape index (κ3) is 14.1. The monoisotopic (exact) mass is 1060 g/mol. The minimum absolute atomic E-state index is 0.0134. The second-order valence-corrected chi connectivity index (χ2v) is 22.3. The SMILES string of the molecule is CCC(C)[C@H]1O[C@]2(C=C[C@@H]1C)C[C@@H]1C[C@@H](C/C=C(\C)[C@@H](O[C@H]3C[C@H](OC)[C@@H](O[C@H]4C[C@H](OC)[C@@H](NC(=O)CCNC(=O)CCCCCN)[C@H](C)O4)[C@H](C)O3)[C@@H](C)/C=C/C=C3\CO[C@@H]4[C@H](O)C(C)=C[C@@H](C(=O)O1)[C@]34O)O2. The first kappa shape index (κ1) is 59.3. The Labute approximate surface area is 444 Å². The highest BCUT2D eigenvalue weighted by Crippen LogP contribution is 2.47. The van der Waals surface area contributed by atoms with Gasteiger partial charge in [-0.1, -0.05) is 77.0 Å². The van der Waals surface area contributed by atoms with Crippen molar-refractivity contribution in [2.45, 2.75) is 223 Å². The number of hydrogen-bond donors (Lipinski definition) is 5. The maximum atomic E-state index is 14.4. The fraction of sp³-hybridized carbons (Fsp3) is 0.772. The summed E-state index contributed by atoms with van der Waals surface area (Å²) in [5, 5.41) is 29.7. The lowest BCUT2D eigenvalue weighted by atomic mass is 9.71. The lowest BCUT2D eigenvalue weighted by Crippen LogP contribution is -2.59. The topological polar surface area (TPSA) is 234 Å². The zero-order chi connectivity index (χ0) is 54.2. The van der Waals surface area contributed by atoms with Crippen LogP contribution in [-0.2, 0) is 61.8 Å². The minimum atomic E-state index is -1.86. The maximum Gasteiger partial charge on any atom is 0.316 e. The van der Waals surface area contributed by atoms with Crippen LogP contribution >= 0.6 is 0 Å². The summed E-state index contributed by atoms with van der Waals surface area (Å²) in [6.45, 7) is 16.9. The van der Waals surface area contributed by atoms with Crippen molar-refractivity contribution < 1.29 is 72.0 Å². The van der Waals surface area contributed by atoms with E-state index in [4.69, 9.17) is 53.1 Å². The van der Waals surface area contributed by atoms with Crippen LogP contribution in [0.3, 0.4) is 0 Å². The van der Waals surface area contributed by atoms with Crippen LogP contribution < -0.4 is 16.4 Å². The second-order valence-electron chi connectivity index (χ2n) is 22.3. The van der Waals surface area contributed by atoms with Crippen molar-refractivity contribution in [1.82, 2.24) is 10.6 Å². The number of rotatable bonds is 17. The maximum absolute atomic E-state index is 14.4. The molecule has 75 heavy (non-hydrogen) atoms. The zero-order valence-corrected chi connectivity index (χ0v) is 46.1. The van der Waals surface area contributed by atoms with Crippen LogP contribution in [-0.4, -0.2) is 159 Å². The lowest BCUT2D eigenvalue weighted by Gasteiger charge is -2.48. The highest BCUT2D eigenvalue weighted by atomic mass is 16.7. The fourth-order valence-corrected chi connectivity index (χ4v) is 12.1. The number of aliphatic hydroxyl groups is 2. The Morgan fingerprint density at radius 2 is 1.63 bits per heavy atom. The Hall–Kier alpha value is -3.37. The van der Waals surface area contributed by atoms with Crippen molar-refractivity contribution in [1.29, 1.82) is 0 Å². The second kappa shape index (κ2) is 26.5. The molecule has 1 unspecified atom stereocenters. The van der Waals surface area contributed by atoms with Gasteiger partial charge >= 0.3 is 5.97 Å². The number of allylic oxidation sites excluding steroid dienone is 2. The molecule has 6 heterocycles. The molecule has 2 bridgehead atoms. The zero-order valence-electron chi connectivity index (χ0n) is 46.1. The third-order valence-electron chi connectivity index (χ3n) is 16.7. The fourth-order valence-electron chi connectivity index (χ4n) is 12.1. The first-order valence-corrected chi connectivity index (χ1v) is 27.8. The lowest BCUT2D eigenvalue weighted by molar-refractivity contribution is -0.311. The first-order chi connectivity index (χ1) is 35.8. The van der Waals surface area contributed by atoms with Gasteiger partial charge in [-0.25, -0.2) is 0 Å². The number of ether oxygens (including phenoxy) is 10. The summed E-state index contributed by atoms with van der Waals surface area (Å²) in [4.78, 5) is 39.7. The van der Waals surface area contributed by atoms with E-state index >= 15 is 0 Å². The summed E-state index contributed by atoms with van der Waals surface area (Å²) < 4.78 is 65.0. The summed E-state index contributed by atoms with van der Waals surface area (Å²) in [5.74, 6) is -2.99. The number of nitrogens with one attached hydrogen (secondary N) is 2. The van der Waals surface area contributed by atoms with Gasteiger partial charge in [0.2, 0.25) is 11.8 Å². The van der Waals surface area contributed by atoms with Crippen LogP contribution in [0.4, 0.5) is 0 Å². The molecule has 20 atom stereocenters. The summed E-state index contributed by atoms with van der Waals surface area (Å²) in [7, 11) is 3.24. The molecule has 4 saturated heterocycles. The number of nitrogens with two attached hydrogens (primary N) is 1. The average Bonchev–Trinajstić information content (AvgIpc) is 3.75.